The van der Waals surface area contributed by atoms with E-state index in [0.29, 0.717) is 6.04 Å². The number of rotatable bonds is 4. The maximum atomic E-state index is 4.72. The molecule has 106 valence electrons. The number of halogens is 1. The van der Waals surface area contributed by atoms with Crippen LogP contribution in [0.15, 0.2) is 4.99 Å². The van der Waals surface area contributed by atoms with E-state index in [1.807, 2.05) is 0 Å². The van der Waals surface area contributed by atoms with Crippen LogP contribution in [0.25, 0.3) is 0 Å². The minimum Gasteiger partial charge on any atom is -0.357 e. The highest BCUT2D eigenvalue weighted by atomic mass is 127. The average molecular weight is 366 g/mol. The van der Waals surface area contributed by atoms with E-state index in [1.165, 1.54) is 38.8 Å². The summed E-state index contributed by atoms with van der Waals surface area (Å²) in [6, 6.07) is 0.682. The zero-order valence-corrected chi connectivity index (χ0v) is 13.9. The summed E-state index contributed by atoms with van der Waals surface area (Å²) in [6.07, 6.45) is 5.26. The van der Waals surface area contributed by atoms with Crippen molar-refractivity contribution in [2.45, 2.75) is 38.6 Å². The Balaban J connectivity index is 0.00000162. The van der Waals surface area contributed by atoms with Crippen molar-refractivity contribution in [1.82, 2.24) is 15.5 Å². The molecule has 1 aliphatic carbocycles. The molecule has 1 saturated carbocycles. The summed E-state index contributed by atoms with van der Waals surface area (Å²) in [4.78, 5) is 7.14. The second-order valence-corrected chi connectivity index (χ2v) is 5.41. The minimum atomic E-state index is 0. The first-order valence-electron chi connectivity index (χ1n) is 7.01. The van der Waals surface area contributed by atoms with Crippen LogP contribution in [-0.4, -0.2) is 50.1 Å². The summed E-state index contributed by atoms with van der Waals surface area (Å²) in [5.74, 6) is 1.76. The lowest BCUT2D eigenvalue weighted by Gasteiger charge is -2.28. The zero-order chi connectivity index (χ0) is 12.1. The Labute approximate surface area is 128 Å². The van der Waals surface area contributed by atoms with E-state index in [1.54, 1.807) is 0 Å². The number of aliphatic imine (C=N–C) groups is 1. The van der Waals surface area contributed by atoms with Crippen LogP contribution in [0.1, 0.15) is 32.6 Å². The molecule has 1 unspecified atom stereocenters. The monoisotopic (exact) mass is 366 g/mol. The second kappa shape index (κ2) is 8.19. The molecule has 0 radical (unpaired) electrons. The van der Waals surface area contributed by atoms with E-state index in [9.17, 15) is 0 Å². The van der Waals surface area contributed by atoms with Crippen molar-refractivity contribution >= 4 is 29.9 Å². The van der Waals surface area contributed by atoms with Crippen LogP contribution in [-0.2, 0) is 0 Å². The van der Waals surface area contributed by atoms with E-state index in [-0.39, 0.29) is 24.0 Å². The summed E-state index contributed by atoms with van der Waals surface area (Å²) in [5.41, 5.74) is 0. The van der Waals surface area contributed by atoms with Crippen LogP contribution < -0.4 is 10.6 Å². The highest BCUT2D eigenvalue weighted by Gasteiger charge is 2.22. The smallest absolute Gasteiger partial charge is 0.191 e. The van der Waals surface area contributed by atoms with Crippen molar-refractivity contribution in [3.05, 3.63) is 0 Å². The predicted molar refractivity (Wildman–Crippen MR) is 87.8 cm³/mol. The standard InChI is InChI=1S/C13H26N4.HI/c1-3-14-13(16-12-6-7-12)15-9-11-5-4-8-17(2)10-11;/h11-12H,3-10H2,1-2H3,(H2,14,15,16);1H. The summed E-state index contributed by atoms with van der Waals surface area (Å²) in [5, 5.41) is 6.80. The molecule has 0 aromatic carbocycles. The fourth-order valence-corrected chi connectivity index (χ4v) is 2.38. The highest BCUT2D eigenvalue weighted by Crippen LogP contribution is 2.18. The molecule has 4 nitrogen and oxygen atoms in total. The van der Waals surface area contributed by atoms with Gasteiger partial charge >= 0.3 is 0 Å². The van der Waals surface area contributed by atoms with E-state index < -0.39 is 0 Å². The summed E-state index contributed by atoms with van der Waals surface area (Å²) < 4.78 is 0. The van der Waals surface area contributed by atoms with E-state index in [0.717, 1.165) is 25.0 Å². The molecule has 0 bridgehead atoms. The van der Waals surface area contributed by atoms with Crippen molar-refractivity contribution in [1.29, 1.82) is 0 Å². The Bertz CT molecular complexity index is 266. The number of hydrogen-bond donors (Lipinski definition) is 2. The lowest BCUT2D eigenvalue weighted by molar-refractivity contribution is 0.214. The molecule has 2 fully saturated rings. The molecule has 2 aliphatic rings. The molecular weight excluding hydrogens is 339 g/mol. The van der Waals surface area contributed by atoms with E-state index >= 15 is 0 Å². The molecule has 0 spiro atoms. The van der Waals surface area contributed by atoms with Gasteiger partial charge < -0.3 is 15.5 Å². The van der Waals surface area contributed by atoms with Gasteiger partial charge in [0.1, 0.15) is 0 Å². The van der Waals surface area contributed by atoms with Gasteiger partial charge in [0, 0.05) is 25.7 Å². The molecule has 1 aliphatic heterocycles. The summed E-state index contributed by atoms with van der Waals surface area (Å²) in [7, 11) is 2.21. The molecule has 1 heterocycles. The third kappa shape index (κ3) is 5.73. The Morgan fingerprint density at radius 2 is 2.11 bits per heavy atom. The van der Waals surface area contributed by atoms with Crippen LogP contribution in [0.4, 0.5) is 0 Å². The van der Waals surface area contributed by atoms with Gasteiger partial charge in [0.05, 0.1) is 0 Å². The maximum absolute atomic E-state index is 4.72. The molecule has 0 amide bonds. The molecular formula is C13H27IN4. The second-order valence-electron chi connectivity index (χ2n) is 5.41. The Morgan fingerprint density at radius 3 is 2.72 bits per heavy atom. The van der Waals surface area contributed by atoms with Gasteiger partial charge in [0.2, 0.25) is 0 Å². The number of guanidine groups is 1. The summed E-state index contributed by atoms with van der Waals surface area (Å²) >= 11 is 0. The molecule has 0 aromatic rings. The third-order valence-electron chi connectivity index (χ3n) is 3.49. The van der Waals surface area contributed by atoms with Crippen LogP contribution in [0.2, 0.25) is 0 Å². The molecule has 5 heteroatoms. The zero-order valence-electron chi connectivity index (χ0n) is 11.6. The van der Waals surface area contributed by atoms with Gasteiger partial charge in [-0.15, -0.1) is 24.0 Å². The van der Waals surface area contributed by atoms with Crippen molar-refractivity contribution in [3.63, 3.8) is 0 Å². The van der Waals surface area contributed by atoms with Crippen molar-refractivity contribution < 1.29 is 0 Å². The molecule has 2 N–H and O–H groups in total. The first-order valence-corrected chi connectivity index (χ1v) is 7.01. The summed E-state index contributed by atoms with van der Waals surface area (Å²) in [6.45, 7) is 6.49. The van der Waals surface area contributed by atoms with Crippen molar-refractivity contribution in [2.75, 3.05) is 33.2 Å². The molecule has 1 saturated heterocycles. The predicted octanol–water partition coefficient (Wildman–Crippen LogP) is 1.66. The lowest BCUT2D eigenvalue weighted by atomic mass is 9.99. The van der Waals surface area contributed by atoms with Crippen molar-refractivity contribution in [2.24, 2.45) is 10.9 Å². The normalized spacial score (nSPS) is 25.4. The number of nitrogens with zero attached hydrogens (tertiary/aromatic N) is 2. The number of likely N-dealkylation sites (tertiary alicyclic amines) is 1. The van der Waals surface area contributed by atoms with Gasteiger partial charge in [-0.3, -0.25) is 4.99 Å². The van der Waals surface area contributed by atoms with Gasteiger partial charge in [-0.25, -0.2) is 0 Å². The van der Waals surface area contributed by atoms with E-state index in [4.69, 9.17) is 4.99 Å². The first kappa shape index (κ1) is 16.0. The number of hydrogen-bond acceptors (Lipinski definition) is 2. The molecule has 1 atom stereocenters. The fourth-order valence-electron chi connectivity index (χ4n) is 2.38. The minimum absolute atomic E-state index is 0. The van der Waals surface area contributed by atoms with Gasteiger partial charge in [-0.2, -0.15) is 0 Å². The molecule has 0 aromatic heterocycles. The largest absolute Gasteiger partial charge is 0.357 e. The van der Waals surface area contributed by atoms with Crippen LogP contribution >= 0.6 is 24.0 Å². The Hall–Kier alpha value is -0.0400. The SMILES string of the molecule is CCNC(=NCC1CCCN(C)C1)NC1CC1.I. The van der Waals surface area contributed by atoms with Crippen LogP contribution in [0.5, 0.6) is 0 Å². The number of nitrogens with one attached hydrogen (secondary N) is 2. The fraction of sp³-hybridized carbons (Fsp3) is 0.923. The Kier molecular flexibility index (Phi) is 7.29. The average Bonchev–Trinajstić information content (AvgIpc) is 3.10. The van der Waals surface area contributed by atoms with Crippen LogP contribution in [0, 0.1) is 5.92 Å². The van der Waals surface area contributed by atoms with Crippen LogP contribution in [0.3, 0.4) is 0 Å². The van der Waals surface area contributed by atoms with Gasteiger partial charge in [0.25, 0.3) is 0 Å². The van der Waals surface area contributed by atoms with Gasteiger partial charge in [-0.1, -0.05) is 0 Å². The number of piperidine rings is 1. The van der Waals surface area contributed by atoms with Crippen molar-refractivity contribution in [3.8, 4) is 0 Å². The quantitative estimate of drug-likeness (QED) is 0.452. The highest BCUT2D eigenvalue weighted by molar-refractivity contribution is 14.0. The van der Waals surface area contributed by atoms with E-state index in [2.05, 4.69) is 29.5 Å². The topological polar surface area (TPSA) is 39.7 Å². The molecule has 18 heavy (non-hydrogen) atoms. The van der Waals surface area contributed by atoms with Gasteiger partial charge in [-0.05, 0) is 52.1 Å². The maximum Gasteiger partial charge on any atom is 0.191 e. The molecule has 2 rings (SSSR count). The van der Waals surface area contributed by atoms with Gasteiger partial charge in [0.15, 0.2) is 5.96 Å². The third-order valence-corrected chi connectivity index (χ3v) is 3.49. The Morgan fingerprint density at radius 1 is 1.33 bits per heavy atom. The first-order chi connectivity index (χ1) is 8.28. The lowest BCUT2D eigenvalue weighted by Crippen LogP contribution is -2.39.